The van der Waals surface area contributed by atoms with Crippen LogP contribution in [0, 0.1) is 24.0 Å². The minimum atomic E-state index is -0.979. The molecule has 0 heterocycles. The summed E-state index contributed by atoms with van der Waals surface area (Å²) in [5, 5.41) is 16.9. The summed E-state index contributed by atoms with van der Waals surface area (Å²) in [7, 11) is 0. The lowest BCUT2D eigenvalue weighted by Crippen LogP contribution is -2.32. The SMILES string of the molecule is Cc1ccc(NC(=O)C(=O)N/N=C\c2ccccc2[N+](=O)[O-])cc1C. The van der Waals surface area contributed by atoms with E-state index < -0.39 is 16.7 Å². The van der Waals surface area contributed by atoms with Crippen molar-refractivity contribution in [2.45, 2.75) is 13.8 Å². The highest BCUT2D eigenvalue weighted by Crippen LogP contribution is 2.15. The molecule has 2 rings (SSSR count). The van der Waals surface area contributed by atoms with Crippen LogP contribution in [0.5, 0.6) is 0 Å². The second-order valence-electron chi connectivity index (χ2n) is 5.27. The maximum Gasteiger partial charge on any atom is 0.329 e. The summed E-state index contributed by atoms with van der Waals surface area (Å²) in [6.07, 6.45) is 1.11. The Morgan fingerprint density at radius 1 is 1.08 bits per heavy atom. The van der Waals surface area contributed by atoms with Crippen molar-refractivity contribution in [3.8, 4) is 0 Å². The van der Waals surface area contributed by atoms with Crippen molar-refractivity contribution in [2.75, 3.05) is 5.32 Å². The van der Waals surface area contributed by atoms with E-state index in [0.717, 1.165) is 17.3 Å². The smallest absolute Gasteiger partial charge is 0.318 e. The molecule has 0 radical (unpaired) electrons. The van der Waals surface area contributed by atoms with Gasteiger partial charge >= 0.3 is 11.8 Å². The van der Waals surface area contributed by atoms with Crippen LogP contribution in [-0.4, -0.2) is 23.0 Å². The minimum absolute atomic E-state index is 0.153. The molecule has 2 aromatic carbocycles. The topological polar surface area (TPSA) is 114 Å². The number of hydrogen-bond acceptors (Lipinski definition) is 5. The molecule has 0 saturated carbocycles. The van der Waals surface area contributed by atoms with Crippen molar-refractivity contribution < 1.29 is 14.5 Å². The number of carbonyl (C=O) groups excluding carboxylic acids is 2. The third-order valence-electron chi connectivity index (χ3n) is 3.47. The molecular formula is C17H16N4O4. The summed E-state index contributed by atoms with van der Waals surface area (Å²) in [5.74, 6) is -1.86. The molecule has 8 nitrogen and oxygen atoms in total. The fraction of sp³-hybridized carbons (Fsp3) is 0.118. The Hall–Kier alpha value is -3.55. The average Bonchev–Trinajstić information content (AvgIpc) is 2.58. The van der Waals surface area contributed by atoms with E-state index in [1.54, 1.807) is 18.2 Å². The van der Waals surface area contributed by atoms with Crippen LogP contribution < -0.4 is 10.7 Å². The van der Waals surface area contributed by atoms with Gasteiger partial charge in [-0.3, -0.25) is 19.7 Å². The van der Waals surface area contributed by atoms with Crippen molar-refractivity contribution in [1.82, 2.24) is 5.43 Å². The van der Waals surface area contributed by atoms with Gasteiger partial charge in [0, 0.05) is 11.8 Å². The van der Waals surface area contributed by atoms with E-state index in [9.17, 15) is 19.7 Å². The number of hydrogen-bond donors (Lipinski definition) is 2. The van der Waals surface area contributed by atoms with Gasteiger partial charge in [-0.25, -0.2) is 5.43 Å². The normalized spacial score (nSPS) is 10.5. The quantitative estimate of drug-likeness (QED) is 0.385. The molecule has 8 heteroatoms. The Morgan fingerprint density at radius 3 is 2.48 bits per heavy atom. The predicted octanol–water partition coefficient (Wildman–Crippen LogP) is 2.30. The highest BCUT2D eigenvalue weighted by Gasteiger charge is 2.14. The number of hydrazone groups is 1. The summed E-state index contributed by atoms with van der Waals surface area (Å²) >= 11 is 0. The Bertz CT molecular complexity index is 861. The Balaban J connectivity index is 1.99. The molecule has 25 heavy (non-hydrogen) atoms. The van der Waals surface area contributed by atoms with Crippen LogP contribution in [0.2, 0.25) is 0 Å². The van der Waals surface area contributed by atoms with E-state index in [-0.39, 0.29) is 11.3 Å². The third kappa shape index (κ3) is 4.71. The molecule has 0 spiro atoms. The maximum atomic E-state index is 11.8. The first-order valence-corrected chi connectivity index (χ1v) is 7.33. The molecule has 0 aliphatic heterocycles. The van der Waals surface area contributed by atoms with Crippen LogP contribution in [0.15, 0.2) is 47.6 Å². The second-order valence-corrected chi connectivity index (χ2v) is 5.27. The molecule has 0 aliphatic rings. The van der Waals surface area contributed by atoms with Gasteiger partial charge in [0.25, 0.3) is 5.69 Å². The molecule has 128 valence electrons. The number of anilines is 1. The van der Waals surface area contributed by atoms with E-state index in [1.807, 2.05) is 25.3 Å². The van der Waals surface area contributed by atoms with Crippen molar-refractivity contribution in [3.63, 3.8) is 0 Å². The molecule has 2 aromatic rings. The Labute approximate surface area is 143 Å². The molecule has 0 aromatic heterocycles. The van der Waals surface area contributed by atoms with E-state index in [2.05, 4.69) is 10.4 Å². The monoisotopic (exact) mass is 340 g/mol. The average molecular weight is 340 g/mol. The van der Waals surface area contributed by atoms with E-state index >= 15 is 0 Å². The number of para-hydroxylation sites is 1. The van der Waals surface area contributed by atoms with E-state index in [1.165, 1.54) is 18.2 Å². The zero-order valence-electron chi connectivity index (χ0n) is 13.6. The Morgan fingerprint density at radius 2 is 1.80 bits per heavy atom. The number of nitro groups is 1. The van der Waals surface area contributed by atoms with Crippen LogP contribution >= 0.6 is 0 Å². The van der Waals surface area contributed by atoms with E-state index in [0.29, 0.717) is 5.69 Å². The largest absolute Gasteiger partial charge is 0.329 e. The van der Waals surface area contributed by atoms with Gasteiger partial charge in [-0.1, -0.05) is 18.2 Å². The van der Waals surface area contributed by atoms with Gasteiger partial charge < -0.3 is 5.32 Å². The van der Waals surface area contributed by atoms with Gasteiger partial charge in [0.2, 0.25) is 0 Å². The van der Waals surface area contributed by atoms with Gasteiger partial charge in [-0.15, -0.1) is 0 Å². The van der Waals surface area contributed by atoms with Gasteiger partial charge in [-0.2, -0.15) is 5.10 Å². The minimum Gasteiger partial charge on any atom is -0.318 e. The first kappa shape index (κ1) is 17.8. The summed E-state index contributed by atoms with van der Waals surface area (Å²) in [6, 6.07) is 11.2. The highest BCUT2D eigenvalue weighted by atomic mass is 16.6. The number of carbonyl (C=O) groups is 2. The first-order chi connectivity index (χ1) is 11.9. The van der Waals surface area contributed by atoms with E-state index in [4.69, 9.17) is 0 Å². The van der Waals surface area contributed by atoms with Crippen molar-refractivity contribution in [1.29, 1.82) is 0 Å². The lowest BCUT2D eigenvalue weighted by Gasteiger charge is -2.06. The fourth-order valence-corrected chi connectivity index (χ4v) is 1.98. The van der Waals surface area contributed by atoms with Crippen LogP contribution in [0.1, 0.15) is 16.7 Å². The molecule has 0 saturated heterocycles. The van der Waals surface area contributed by atoms with Crippen molar-refractivity contribution in [2.24, 2.45) is 5.10 Å². The molecular weight excluding hydrogens is 324 g/mol. The lowest BCUT2D eigenvalue weighted by atomic mass is 10.1. The number of rotatable bonds is 4. The number of nitrogens with zero attached hydrogens (tertiary/aromatic N) is 2. The molecule has 0 aliphatic carbocycles. The first-order valence-electron chi connectivity index (χ1n) is 7.33. The summed E-state index contributed by atoms with van der Waals surface area (Å²) in [4.78, 5) is 33.9. The number of amides is 2. The zero-order chi connectivity index (χ0) is 18.4. The molecule has 0 fully saturated rings. The maximum absolute atomic E-state index is 11.8. The fourth-order valence-electron chi connectivity index (χ4n) is 1.98. The summed E-state index contributed by atoms with van der Waals surface area (Å²) < 4.78 is 0. The molecule has 2 amide bonds. The Kier molecular flexibility index (Phi) is 5.57. The molecule has 2 N–H and O–H groups in total. The molecule has 0 atom stereocenters. The number of benzene rings is 2. The van der Waals surface area contributed by atoms with Crippen LogP contribution in [0.3, 0.4) is 0 Å². The third-order valence-corrected chi connectivity index (χ3v) is 3.47. The van der Waals surface area contributed by atoms with Crippen molar-refractivity contribution >= 4 is 29.4 Å². The number of nitro benzene ring substituents is 1. The lowest BCUT2D eigenvalue weighted by molar-refractivity contribution is -0.385. The highest BCUT2D eigenvalue weighted by molar-refractivity contribution is 6.39. The van der Waals surface area contributed by atoms with Gasteiger partial charge in [0.15, 0.2) is 0 Å². The number of aryl methyl sites for hydroxylation is 2. The van der Waals surface area contributed by atoms with Crippen molar-refractivity contribution in [3.05, 3.63) is 69.3 Å². The summed E-state index contributed by atoms with van der Waals surface area (Å²) in [5.41, 5.74) is 4.63. The predicted molar refractivity (Wildman–Crippen MR) is 93.4 cm³/mol. The van der Waals surface area contributed by atoms with Gasteiger partial charge in [0.1, 0.15) is 0 Å². The summed E-state index contributed by atoms with van der Waals surface area (Å²) in [6.45, 7) is 3.83. The van der Waals surface area contributed by atoms with Crippen LogP contribution in [0.4, 0.5) is 11.4 Å². The van der Waals surface area contributed by atoms with Gasteiger partial charge in [0.05, 0.1) is 16.7 Å². The van der Waals surface area contributed by atoms with Gasteiger partial charge in [-0.05, 0) is 43.2 Å². The molecule has 0 bridgehead atoms. The number of nitrogens with one attached hydrogen (secondary N) is 2. The standard InChI is InChI=1S/C17H16N4O4/c1-11-7-8-14(9-12(11)2)19-16(22)17(23)20-18-10-13-5-3-4-6-15(13)21(24)25/h3-10H,1-2H3,(H,19,22)(H,20,23)/b18-10-. The molecule has 0 unspecified atom stereocenters. The second kappa shape index (κ2) is 7.82. The van der Waals surface area contributed by atoms with Crippen LogP contribution in [-0.2, 0) is 9.59 Å². The zero-order valence-corrected chi connectivity index (χ0v) is 13.6. The van der Waals surface area contributed by atoms with Crippen LogP contribution in [0.25, 0.3) is 0 Å².